The Hall–Kier alpha value is -0.900. The van der Waals surface area contributed by atoms with Gasteiger partial charge < -0.3 is 5.11 Å². The average Bonchev–Trinajstić information content (AvgIpc) is 2.85. The summed E-state index contributed by atoms with van der Waals surface area (Å²) in [6.07, 6.45) is 8.16. The molecule has 4 heteroatoms. The van der Waals surface area contributed by atoms with Crippen LogP contribution >= 0.6 is 0 Å². The number of rotatable bonds is 6. The van der Waals surface area contributed by atoms with Crippen molar-refractivity contribution < 1.29 is 5.11 Å². The van der Waals surface area contributed by atoms with Gasteiger partial charge >= 0.3 is 0 Å². The summed E-state index contributed by atoms with van der Waals surface area (Å²) >= 11 is 0. The molecular formula is C16H29N3O. The highest BCUT2D eigenvalue weighted by Gasteiger charge is 2.26. The molecule has 0 aromatic carbocycles. The third-order valence-electron chi connectivity index (χ3n) is 4.64. The second-order valence-electron chi connectivity index (χ2n) is 6.71. The minimum Gasteiger partial charge on any atom is -0.392 e. The number of hydrogen-bond donors (Lipinski definition) is 1. The van der Waals surface area contributed by atoms with Crippen LogP contribution in [0.3, 0.4) is 0 Å². The van der Waals surface area contributed by atoms with Crippen LogP contribution in [-0.2, 0) is 13.0 Å². The average molecular weight is 279 g/mol. The van der Waals surface area contributed by atoms with Crippen molar-refractivity contribution in [1.82, 2.24) is 14.8 Å². The Labute approximate surface area is 122 Å². The number of aliphatic hydroxyl groups excluding tert-OH is 1. The first-order valence-electron chi connectivity index (χ1n) is 8.14. The lowest BCUT2D eigenvalue weighted by atomic mass is 9.78. The predicted octanol–water partition coefficient (Wildman–Crippen LogP) is 3.05. The van der Waals surface area contributed by atoms with Gasteiger partial charge in [-0.3, -0.25) is 0 Å². The highest BCUT2D eigenvalue weighted by atomic mass is 16.3. The fourth-order valence-corrected chi connectivity index (χ4v) is 3.28. The first kappa shape index (κ1) is 15.5. The monoisotopic (exact) mass is 279 g/mol. The van der Waals surface area contributed by atoms with Crippen molar-refractivity contribution in [2.24, 2.45) is 17.8 Å². The highest BCUT2D eigenvalue weighted by Crippen LogP contribution is 2.33. The largest absolute Gasteiger partial charge is 0.392 e. The van der Waals surface area contributed by atoms with E-state index in [4.69, 9.17) is 0 Å². The maximum absolute atomic E-state index is 10.5. The molecule has 0 spiro atoms. The van der Waals surface area contributed by atoms with Crippen molar-refractivity contribution in [3.05, 3.63) is 12.2 Å². The Morgan fingerprint density at radius 3 is 2.60 bits per heavy atom. The highest BCUT2D eigenvalue weighted by molar-refractivity contribution is 4.90. The second kappa shape index (κ2) is 7.21. The van der Waals surface area contributed by atoms with Crippen LogP contribution in [0, 0.1) is 17.8 Å². The summed E-state index contributed by atoms with van der Waals surface area (Å²) in [4.78, 5) is 4.33. The predicted molar refractivity (Wildman–Crippen MR) is 80.3 cm³/mol. The lowest BCUT2D eigenvalue weighted by Gasteiger charge is -2.30. The van der Waals surface area contributed by atoms with Crippen molar-refractivity contribution >= 4 is 0 Å². The molecule has 20 heavy (non-hydrogen) atoms. The summed E-state index contributed by atoms with van der Waals surface area (Å²) in [5.74, 6) is 2.81. The molecule has 1 aliphatic carbocycles. The zero-order valence-electron chi connectivity index (χ0n) is 13.1. The van der Waals surface area contributed by atoms with Gasteiger partial charge in [0.2, 0.25) is 0 Å². The molecule has 1 aromatic rings. The molecule has 114 valence electrons. The number of aromatic nitrogens is 3. The Morgan fingerprint density at radius 2 is 2.00 bits per heavy atom. The second-order valence-corrected chi connectivity index (χ2v) is 6.71. The Balaban J connectivity index is 1.88. The van der Waals surface area contributed by atoms with E-state index in [0.29, 0.717) is 18.3 Å². The fraction of sp³-hybridized carbons (Fsp3) is 0.875. The molecule has 0 bridgehead atoms. The minimum absolute atomic E-state index is 0.261. The van der Waals surface area contributed by atoms with Crippen LogP contribution in [0.4, 0.5) is 0 Å². The van der Waals surface area contributed by atoms with Crippen LogP contribution in [-0.4, -0.2) is 26.0 Å². The third kappa shape index (κ3) is 4.05. The maximum atomic E-state index is 10.5. The van der Waals surface area contributed by atoms with E-state index in [1.54, 1.807) is 6.33 Å². The van der Waals surface area contributed by atoms with E-state index < -0.39 is 0 Å². The SMILES string of the molecule is CCC1CCC(C(O)Cc2ncnn2CC(C)C)CC1. The van der Waals surface area contributed by atoms with E-state index in [-0.39, 0.29) is 6.10 Å². The van der Waals surface area contributed by atoms with Crippen LogP contribution in [0.15, 0.2) is 6.33 Å². The van der Waals surface area contributed by atoms with Crippen molar-refractivity contribution in [2.45, 2.75) is 71.9 Å². The zero-order chi connectivity index (χ0) is 14.5. The first-order chi connectivity index (χ1) is 9.60. The number of nitrogens with zero attached hydrogens (tertiary/aromatic N) is 3. The summed E-state index contributed by atoms with van der Waals surface area (Å²) in [5, 5.41) is 14.8. The normalized spacial score (nSPS) is 25.1. The van der Waals surface area contributed by atoms with Gasteiger partial charge in [0.15, 0.2) is 0 Å². The molecule has 0 saturated heterocycles. The van der Waals surface area contributed by atoms with Gasteiger partial charge in [0.05, 0.1) is 6.10 Å². The summed E-state index contributed by atoms with van der Waals surface area (Å²) in [6.45, 7) is 7.50. The van der Waals surface area contributed by atoms with Crippen LogP contribution in [0.25, 0.3) is 0 Å². The van der Waals surface area contributed by atoms with Crippen LogP contribution < -0.4 is 0 Å². The van der Waals surface area contributed by atoms with E-state index in [9.17, 15) is 5.11 Å². The summed E-state index contributed by atoms with van der Waals surface area (Å²) in [7, 11) is 0. The smallest absolute Gasteiger partial charge is 0.138 e. The standard InChI is InChI=1S/C16H29N3O/c1-4-13-5-7-14(8-6-13)15(20)9-16-17-11-18-19(16)10-12(2)3/h11-15,20H,4-10H2,1-3H3. The van der Waals surface area contributed by atoms with Gasteiger partial charge in [0.1, 0.15) is 12.2 Å². The Morgan fingerprint density at radius 1 is 1.30 bits per heavy atom. The lowest BCUT2D eigenvalue weighted by Crippen LogP contribution is -2.28. The number of aliphatic hydroxyl groups is 1. The molecule has 1 unspecified atom stereocenters. The van der Waals surface area contributed by atoms with Crippen LogP contribution in [0.1, 0.15) is 58.7 Å². The van der Waals surface area contributed by atoms with Gasteiger partial charge in [0.25, 0.3) is 0 Å². The summed E-state index contributed by atoms with van der Waals surface area (Å²) < 4.78 is 1.95. The molecule has 1 atom stereocenters. The van der Waals surface area contributed by atoms with Crippen molar-refractivity contribution in [2.75, 3.05) is 0 Å². The molecule has 2 rings (SSSR count). The molecule has 1 fully saturated rings. The van der Waals surface area contributed by atoms with Crippen molar-refractivity contribution in [3.8, 4) is 0 Å². The van der Waals surface area contributed by atoms with Crippen LogP contribution in [0.2, 0.25) is 0 Å². The van der Waals surface area contributed by atoms with Crippen LogP contribution in [0.5, 0.6) is 0 Å². The van der Waals surface area contributed by atoms with Gasteiger partial charge in [-0.15, -0.1) is 0 Å². The molecule has 1 aromatic heterocycles. The molecule has 1 heterocycles. The van der Waals surface area contributed by atoms with E-state index in [0.717, 1.165) is 31.1 Å². The summed E-state index contributed by atoms with van der Waals surface area (Å²) in [5.41, 5.74) is 0. The maximum Gasteiger partial charge on any atom is 0.138 e. The Bertz CT molecular complexity index is 394. The van der Waals surface area contributed by atoms with Gasteiger partial charge in [-0.2, -0.15) is 5.10 Å². The van der Waals surface area contributed by atoms with Crippen molar-refractivity contribution in [1.29, 1.82) is 0 Å². The molecule has 1 N–H and O–H groups in total. The summed E-state index contributed by atoms with van der Waals surface area (Å²) in [6, 6.07) is 0. The van der Waals surface area contributed by atoms with Crippen molar-refractivity contribution in [3.63, 3.8) is 0 Å². The quantitative estimate of drug-likeness (QED) is 0.870. The van der Waals surface area contributed by atoms with E-state index in [1.165, 1.54) is 19.3 Å². The Kier molecular flexibility index (Phi) is 5.58. The molecule has 4 nitrogen and oxygen atoms in total. The minimum atomic E-state index is -0.261. The molecule has 0 radical (unpaired) electrons. The molecule has 1 saturated carbocycles. The topological polar surface area (TPSA) is 50.9 Å². The van der Waals surface area contributed by atoms with E-state index in [2.05, 4.69) is 30.9 Å². The molecular weight excluding hydrogens is 250 g/mol. The number of hydrogen-bond acceptors (Lipinski definition) is 3. The lowest BCUT2D eigenvalue weighted by molar-refractivity contribution is 0.0709. The van der Waals surface area contributed by atoms with Gasteiger partial charge in [-0.25, -0.2) is 9.67 Å². The molecule has 1 aliphatic rings. The van der Waals surface area contributed by atoms with E-state index in [1.807, 2.05) is 4.68 Å². The molecule has 0 aliphatic heterocycles. The fourth-order valence-electron chi connectivity index (χ4n) is 3.28. The molecule has 0 amide bonds. The zero-order valence-corrected chi connectivity index (χ0v) is 13.1. The van der Waals surface area contributed by atoms with Gasteiger partial charge in [-0.05, 0) is 30.6 Å². The van der Waals surface area contributed by atoms with E-state index >= 15 is 0 Å². The van der Waals surface area contributed by atoms with Gasteiger partial charge in [-0.1, -0.05) is 40.0 Å². The third-order valence-corrected chi connectivity index (χ3v) is 4.64. The van der Waals surface area contributed by atoms with Gasteiger partial charge in [0, 0.05) is 13.0 Å². The first-order valence-corrected chi connectivity index (χ1v) is 8.14.